The summed E-state index contributed by atoms with van der Waals surface area (Å²) >= 11 is 0. The van der Waals surface area contributed by atoms with Gasteiger partial charge in [-0.15, -0.1) is 6.58 Å². The molecule has 0 aliphatic carbocycles. The van der Waals surface area contributed by atoms with Gasteiger partial charge in [0.1, 0.15) is 5.82 Å². The third-order valence-corrected chi connectivity index (χ3v) is 2.73. The lowest BCUT2D eigenvalue weighted by Crippen LogP contribution is -2.26. The zero-order valence-electron chi connectivity index (χ0n) is 11.0. The fourth-order valence-electron chi connectivity index (χ4n) is 1.79. The van der Waals surface area contributed by atoms with Crippen molar-refractivity contribution in [1.82, 2.24) is 15.0 Å². The predicted molar refractivity (Wildman–Crippen MR) is 72.3 cm³/mol. The molecule has 5 nitrogen and oxygen atoms in total. The SMILES string of the molecule is C=CCN(CCO)Cc1nc(-c2ccc(F)cc2)no1. The molecule has 2 rings (SSSR count). The Hall–Kier alpha value is -2.05. The maximum absolute atomic E-state index is 12.8. The summed E-state index contributed by atoms with van der Waals surface area (Å²) in [7, 11) is 0. The van der Waals surface area contributed by atoms with Crippen molar-refractivity contribution in [2.24, 2.45) is 0 Å². The summed E-state index contributed by atoms with van der Waals surface area (Å²) in [5.41, 5.74) is 0.693. The van der Waals surface area contributed by atoms with Crippen LogP contribution in [-0.2, 0) is 6.54 Å². The quantitative estimate of drug-likeness (QED) is 0.783. The van der Waals surface area contributed by atoms with Crippen LogP contribution in [-0.4, -0.2) is 39.8 Å². The minimum atomic E-state index is -0.308. The van der Waals surface area contributed by atoms with E-state index in [0.717, 1.165) is 0 Å². The van der Waals surface area contributed by atoms with E-state index in [9.17, 15) is 4.39 Å². The lowest BCUT2D eigenvalue weighted by Gasteiger charge is -2.16. The molecule has 0 radical (unpaired) electrons. The molecule has 1 aromatic carbocycles. The lowest BCUT2D eigenvalue weighted by atomic mass is 10.2. The molecule has 0 unspecified atom stereocenters. The van der Waals surface area contributed by atoms with E-state index >= 15 is 0 Å². The van der Waals surface area contributed by atoms with Gasteiger partial charge in [-0.25, -0.2) is 4.39 Å². The Morgan fingerprint density at radius 1 is 1.35 bits per heavy atom. The van der Waals surface area contributed by atoms with E-state index < -0.39 is 0 Å². The van der Waals surface area contributed by atoms with Crippen LogP contribution >= 0.6 is 0 Å². The molecule has 1 aromatic heterocycles. The number of hydrogen-bond acceptors (Lipinski definition) is 5. The topological polar surface area (TPSA) is 62.4 Å². The van der Waals surface area contributed by atoms with Crippen molar-refractivity contribution in [3.63, 3.8) is 0 Å². The van der Waals surface area contributed by atoms with Crippen molar-refractivity contribution in [2.45, 2.75) is 6.54 Å². The maximum Gasteiger partial charge on any atom is 0.241 e. The summed E-state index contributed by atoms with van der Waals surface area (Å²) < 4.78 is 18.0. The fraction of sp³-hybridized carbons (Fsp3) is 0.286. The van der Waals surface area contributed by atoms with E-state index in [-0.39, 0.29) is 12.4 Å². The zero-order chi connectivity index (χ0) is 14.4. The smallest absolute Gasteiger partial charge is 0.241 e. The monoisotopic (exact) mass is 277 g/mol. The van der Waals surface area contributed by atoms with Crippen LogP contribution in [0.5, 0.6) is 0 Å². The molecule has 20 heavy (non-hydrogen) atoms. The molecule has 0 aliphatic rings. The van der Waals surface area contributed by atoms with Crippen molar-refractivity contribution < 1.29 is 14.0 Å². The van der Waals surface area contributed by atoms with Gasteiger partial charge in [-0.05, 0) is 24.3 Å². The summed E-state index contributed by atoms with van der Waals surface area (Å²) in [6.07, 6.45) is 1.74. The molecule has 0 fully saturated rings. The van der Waals surface area contributed by atoms with Crippen LogP contribution < -0.4 is 0 Å². The highest BCUT2D eigenvalue weighted by atomic mass is 19.1. The average molecular weight is 277 g/mol. The number of rotatable bonds is 7. The summed E-state index contributed by atoms with van der Waals surface area (Å²) in [5.74, 6) is 0.555. The van der Waals surface area contributed by atoms with Crippen molar-refractivity contribution >= 4 is 0 Å². The maximum atomic E-state index is 12.8. The number of nitrogens with zero attached hydrogens (tertiary/aromatic N) is 3. The van der Waals surface area contributed by atoms with Crippen molar-refractivity contribution in [2.75, 3.05) is 19.7 Å². The molecule has 0 saturated heterocycles. The number of benzene rings is 1. The highest BCUT2D eigenvalue weighted by Crippen LogP contribution is 2.16. The third kappa shape index (κ3) is 3.72. The number of halogens is 1. The first-order valence-corrected chi connectivity index (χ1v) is 6.25. The average Bonchev–Trinajstić information content (AvgIpc) is 2.89. The van der Waals surface area contributed by atoms with Crippen molar-refractivity contribution in [3.8, 4) is 11.4 Å². The highest BCUT2D eigenvalue weighted by Gasteiger charge is 2.12. The van der Waals surface area contributed by atoms with E-state index in [1.165, 1.54) is 12.1 Å². The Balaban J connectivity index is 2.08. The zero-order valence-corrected chi connectivity index (χ0v) is 11.0. The van der Waals surface area contributed by atoms with E-state index in [4.69, 9.17) is 9.63 Å². The second-order valence-corrected chi connectivity index (χ2v) is 4.27. The molecular formula is C14H16FN3O2. The molecule has 0 saturated carbocycles. The van der Waals surface area contributed by atoms with Crippen molar-refractivity contribution in [1.29, 1.82) is 0 Å². The van der Waals surface area contributed by atoms with Crippen LogP contribution in [0.15, 0.2) is 41.4 Å². The molecule has 1 N–H and O–H groups in total. The highest BCUT2D eigenvalue weighted by molar-refractivity contribution is 5.53. The predicted octanol–water partition coefficient (Wildman–Crippen LogP) is 1.86. The molecule has 106 valence electrons. The largest absolute Gasteiger partial charge is 0.395 e. The number of hydrogen-bond donors (Lipinski definition) is 1. The Bertz CT molecular complexity index is 554. The first-order chi connectivity index (χ1) is 9.72. The van der Waals surface area contributed by atoms with Crippen LogP contribution in [0.4, 0.5) is 4.39 Å². The van der Waals surface area contributed by atoms with Crippen LogP contribution in [0.2, 0.25) is 0 Å². The Morgan fingerprint density at radius 3 is 2.75 bits per heavy atom. The molecule has 0 spiro atoms. The minimum absolute atomic E-state index is 0.0484. The summed E-state index contributed by atoms with van der Waals surface area (Å²) in [6, 6.07) is 5.89. The molecule has 6 heteroatoms. The van der Waals surface area contributed by atoms with Crippen molar-refractivity contribution in [3.05, 3.63) is 48.6 Å². The van der Waals surface area contributed by atoms with E-state index in [0.29, 0.717) is 36.9 Å². The van der Waals surface area contributed by atoms with Gasteiger partial charge in [0.15, 0.2) is 0 Å². The number of aromatic nitrogens is 2. The normalized spacial score (nSPS) is 10.9. The molecule has 1 heterocycles. The van der Waals surface area contributed by atoms with Gasteiger partial charge in [0.2, 0.25) is 11.7 Å². The second kappa shape index (κ2) is 6.93. The molecular weight excluding hydrogens is 261 g/mol. The van der Waals surface area contributed by atoms with Gasteiger partial charge in [-0.3, -0.25) is 4.90 Å². The minimum Gasteiger partial charge on any atom is -0.395 e. The Morgan fingerprint density at radius 2 is 2.10 bits per heavy atom. The van der Waals surface area contributed by atoms with Gasteiger partial charge in [0, 0.05) is 18.7 Å². The summed E-state index contributed by atoms with van der Waals surface area (Å²) in [4.78, 5) is 6.18. The molecule has 0 amide bonds. The van der Waals surface area contributed by atoms with Crippen LogP contribution in [0.1, 0.15) is 5.89 Å². The number of aliphatic hydroxyl groups excluding tert-OH is 1. The Labute approximate surface area is 116 Å². The summed E-state index contributed by atoms with van der Waals surface area (Å²) in [6.45, 7) is 5.26. The van der Waals surface area contributed by atoms with Gasteiger partial charge < -0.3 is 9.63 Å². The van der Waals surface area contributed by atoms with E-state index in [2.05, 4.69) is 16.7 Å². The van der Waals surface area contributed by atoms with E-state index in [1.54, 1.807) is 18.2 Å². The van der Waals surface area contributed by atoms with Gasteiger partial charge in [0.05, 0.1) is 13.2 Å². The number of aliphatic hydroxyl groups is 1. The van der Waals surface area contributed by atoms with Gasteiger partial charge in [-0.2, -0.15) is 4.98 Å². The van der Waals surface area contributed by atoms with Crippen LogP contribution in [0.3, 0.4) is 0 Å². The Kier molecular flexibility index (Phi) is 4.97. The molecule has 0 aliphatic heterocycles. The first kappa shape index (κ1) is 14.4. The van der Waals surface area contributed by atoms with Gasteiger partial charge in [-0.1, -0.05) is 11.2 Å². The first-order valence-electron chi connectivity index (χ1n) is 6.25. The molecule has 0 bridgehead atoms. The lowest BCUT2D eigenvalue weighted by molar-refractivity contribution is 0.186. The summed E-state index contributed by atoms with van der Waals surface area (Å²) in [5, 5.41) is 12.8. The molecule has 0 atom stereocenters. The third-order valence-electron chi connectivity index (χ3n) is 2.73. The fourth-order valence-corrected chi connectivity index (χ4v) is 1.79. The van der Waals surface area contributed by atoms with Crippen LogP contribution in [0, 0.1) is 5.82 Å². The second-order valence-electron chi connectivity index (χ2n) is 4.27. The standard InChI is InChI=1S/C14H16FN3O2/c1-2-7-18(8-9-19)10-13-16-14(17-20-13)11-3-5-12(15)6-4-11/h2-6,19H,1,7-10H2. The van der Waals surface area contributed by atoms with Gasteiger partial charge >= 0.3 is 0 Å². The van der Waals surface area contributed by atoms with Gasteiger partial charge in [0.25, 0.3) is 0 Å². The van der Waals surface area contributed by atoms with Crippen LogP contribution in [0.25, 0.3) is 11.4 Å². The van der Waals surface area contributed by atoms with E-state index in [1.807, 2.05) is 4.90 Å². The molecule has 2 aromatic rings.